The molecule has 0 bridgehead atoms. The van der Waals surface area contributed by atoms with Crippen molar-refractivity contribution in [3.05, 3.63) is 32.8 Å². The summed E-state index contributed by atoms with van der Waals surface area (Å²) in [6.45, 7) is 0. The van der Waals surface area contributed by atoms with Crippen LogP contribution in [-0.4, -0.2) is 11.1 Å². The van der Waals surface area contributed by atoms with E-state index in [2.05, 4.69) is 15.9 Å². The minimum Gasteiger partial charge on any atom is -0.481 e. The predicted molar refractivity (Wildman–Crippen MR) is 55.2 cm³/mol. The zero-order chi connectivity index (χ0) is 10.7. The Balaban J connectivity index is 3.18. The fourth-order valence-electron chi connectivity index (χ4n) is 0.975. The first-order valence-corrected chi connectivity index (χ1v) is 4.82. The molecule has 1 aromatic rings. The molecule has 0 atom stereocenters. The van der Waals surface area contributed by atoms with Crippen molar-refractivity contribution in [3.63, 3.8) is 0 Å². The number of benzene rings is 1. The van der Waals surface area contributed by atoms with Crippen molar-refractivity contribution in [1.29, 1.82) is 5.26 Å². The highest BCUT2D eigenvalue weighted by Crippen LogP contribution is 2.29. The first-order valence-electron chi connectivity index (χ1n) is 3.65. The Morgan fingerprint density at radius 1 is 1.64 bits per heavy atom. The van der Waals surface area contributed by atoms with Gasteiger partial charge in [-0.15, -0.1) is 0 Å². The van der Waals surface area contributed by atoms with Crippen LogP contribution in [-0.2, 0) is 11.2 Å². The highest BCUT2D eigenvalue weighted by molar-refractivity contribution is 9.10. The predicted octanol–water partition coefficient (Wildman–Crippen LogP) is 2.60. The lowest BCUT2D eigenvalue weighted by atomic mass is 10.1. The number of nitrogens with zero attached hydrogens (tertiary/aromatic N) is 1. The number of aliphatic carboxylic acids is 1. The summed E-state index contributed by atoms with van der Waals surface area (Å²) < 4.78 is 0.445. The third kappa shape index (κ3) is 2.25. The van der Waals surface area contributed by atoms with E-state index in [0.29, 0.717) is 15.6 Å². The van der Waals surface area contributed by atoms with Gasteiger partial charge in [-0.05, 0) is 27.6 Å². The molecule has 0 amide bonds. The van der Waals surface area contributed by atoms with Crippen molar-refractivity contribution in [2.24, 2.45) is 0 Å². The molecule has 0 aliphatic rings. The van der Waals surface area contributed by atoms with Crippen LogP contribution in [0.2, 0.25) is 5.02 Å². The molecule has 1 N–H and O–H groups in total. The minimum absolute atomic E-state index is 0.150. The summed E-state index contributed by atoms with van der Waals surface area (Å²) in [6, 6.07) is 5.02. The van der Waals surface area contributed by atoms with Crippen LogP contribution in [0, 0.1) is 11.3 Å². The third-order valence-corrected chi connectivity index (χ3v) is 3.11. The third-order valence-electron chi connectivity index (χ3n) is 1.62. The smallest absolute Gasteiger partial charge is 0.307 e. The number of hydrogen-bond donors (Lipinski definition) is 1. The Kier molecular flexibility index (Phi) is 3.50. The van der Waals surface area contributed by atoms with E-state index in [1.807, 2.05) is 6.07 Å². The van der Waals surface area contributed by atoms with Gasteiger partial charge in [0.2, 0.25) is 0 Å². The normalized spacial score (nSPS) is 9.50. The maximum Gasteiger partial charge on any atom is 0.307 e. The monoisotopic (exact) mass is 273 g/mol. The summed E-state index contributed by atoms with van der Waals surface area (Å²) in [4.78, 5) is 10.4. The number of rotatable bonds is 2. The molecule has 0 aliphatic carbocycles. The maximum atomic E-state index is 10.4. The number of carbonyl (C=O) groups is 1. The zero-order valence-corrected chi connectivity index (χ0v) is 9.26. The van der Waals surface area contributed by atoms with Crippen molar-refractivity contribution in [2.45, 2.75) is 6.42 Å². The topological polar surface area (TPSA) is 61.1 Å². The summed E-state index contributed by atoms with van der Waals surface area (Å²) in [5.74, 6) is -0.955. The molecule has 0 unspecified atom stereocenters. The van der Waals surface area contributed by atoms with Gasteiger partial charge >= 0.3 is 5.97 Å². The molecular weight excluding hydrogens is 269 g/mol. The quantitative estimate of drug-likeness (QED) is 0.901. The summed E-state index contributed by atoms with van der Waals surface area (Å²) in [5.41, 5.74) is 0.884. The van der Waals surface area contributed by atoms with Crippen molar-refractivity contribution in [3.8, 4) is 6.07 Å². The summed E-state index contributed by atoms with van der Waals surface area (Å²) in [7, 11) is 0. The Labute approximate surface area is 94.0 Å². The van der Waals surface area contributed by atoms with Crippen LogP contribution in [0.4, 0.5) is 0 Å². The minimum atomic E-state index is -0.955. The van der Waals surface area contributed by atoms with Crippen molar-refractivity contribution < 1.29 is 9.90 Å². The van der Waals surface area contributed by atoms with Crippen molar-refractivity contribution in [1.82, 2.24) is 0 Å². The molecule has 3 nitrogen and oxygen atoms in total. The Morgan fingerprint density at radius 2 is 2.29 bits per heavy atom. The number of carboxylic acid groups (broad SMARTS) is 1. The second kappa shape index (κ2) is 4.45. The lowest BCUT2D eigenvalue weighted by Crippen LogP contribution is -2.01. The molecule has 0 spiro atoms. The molecule has 0 aromatic heterocycles. The molecule has 0 saturated heterocycles. The molecule has 1 aromatic carbocycles. The van der Waals surface area contributed by atoms with Crippen molar-refractivity contribution >= 4 is 33.5 Å². The van der Waals surface area contributed by atoms with E-state index < -0.39 is 5.97 Å². The lowest BCUT2D eigenvalue weighted by Gasteiger charge is -2.04. The van der Waals surface area contributed by atoms with Gasteiger partial charge in [-0.1, -0.05) is 17.7 Å². The second-order valence-electron chi connectivity index (χ2n) is 2.58. The van der Waals surface area contributed by atoms with Crippen LogP contribution >= 0.6 is 27.5 Å². The summed E-state index contributed by atoms with van der Waals surface area (Å²) >= 11 is 8.99. The van der Waals surface area contributed by atoms with Gasteiger partial charge in [0.25, 0.3) is 0 Å². The van der Waals surface area contributed by atoms with Gasteiger partial charge in [0.15, 0.2) is 0 Å². The molecule has 14 heavy (non-hydrogen) atoms. The fraction of sp³-hybridized carbons (Fsp3) is 0.111. The van der Waals surface area contributed by atoms with Gasteiger partial charge in [-0.25, -0.2) is 0 Å². The molecule has 5 heteroatoms. The molecule has 1 rings (SSSR count). The van der Waals surface area contributed by atoms with Crippen LogP contribution in [0.25, 0.3) is 0 Å². The second-order valence-corrected chi connectivity index (χ2v) is 3.75. The Bertz CT molecular complexity index is 426. The largest absolute Gasteiger partial charge is 0.481 e. The van der Waals surface area contributed by atoms with E-state index in [1.54, 1.807) is 6.07 Å². The van der Waals surface area contributed by atoms with Gasteiger partial charge < -0.3 is 5.11 Å². The number of carboxylic acids is 1. The average molecular weight is 275 g/mol. The van der Waals surface area contributed by atoms with E-state index >= 15 is 0 Å². The Morgan fingerprint density at radius 3 is 2.79 bits per heavy atom. The van der Waals surface area contributed by atoms with Crippen LogP contribution in [0.1, 0.15) is 11.1 Å². The van der Waals surface area contributed by atoms with Gasteiger partial charge in [0, 0.05) is 0 Å². The number of halogens is 2. The highest BCUT2D eigenvalue weighted by atomic mass is 79.9. The zero-order valence-electron chi connectivity index (χ0n) is 6.92. The van der Waals surface area contributed by atoms with E-state index in [0.717, 1.165) is 0 Å². The lowest BCUT2D eigenvalue weighted by molar-refractivity contribution is -0.136. The number of hydrogen-bond acceptors (Lipinski definition) is 2. The van der Waals surface area contributed by atoms with E-state index in [1.165, 1.54) is 6.07 Å². The van der Waals surface area contributed by atoms with Gasteiger partial charge in [0.1, 0.15) is 6.07 Å². The van der Waals surface area contributed by atoms with E-state index in [4.69, 9.17) is 22.0 Å². The standard InChI is InChI=1S/C9H5BrClNO2/c10-8-6(4-12)2-1-5(9(8)11)3-7(13)14/h1-2H,3H2,(H,13,14). The van der Waals surface area contributed by atoms with Crippen molar-refractivity contribution in [2.75, 3.05) is 0 Å². The van der Waals surface area contributed by atoms with Gasteiger partial charge in [0.05, 0.1) is 21.5 Å². The van der Waals surface area contributed by atoms with Gasteiger partial charge in [-0.3, -0.25) is 4.79 Å². The fourth-order valence-corrected chi connectivity index (χ4v) is 1.68. The number of nitriles is 1. The van der Waals surface area contributed by atoms with E-state index in [9.17, 15) is 4.79 Å². The summed E-state index contributed by atoms with van der Waals surface area (Å²) in [5, 5.41) is 17.5. The molecular formula is C9H5BrClNO2. The molecule has 0 radical (unpaired) electrons. The molecule has 0 aliphatic heterocycles. The SMILES string of the molecule is N#Cc1ccc(CC(=O)O)c(Cl)c1Br. The summed E-state index contributed by atoms with van der Waals surface area (Å²) in [6.07, 6.45) is -0.150. The molecule has 0 heterocycles. The van der Waals surface area contributed by atoms with Crippen LogP contribution < -0.4 is 0 Å². The first kappa shape index (κ1) is 11.0. The van der Waals surface area contributed by atoms with Crippen LogP contribution in [0.5, 0.6) is 0 Å². The van der Waals surface area contributed by atoms with Crippen LogP contribution in [0.15, 0.2) is 16.6 Å². The highest BCUT2D eigenvalue weighted by Gasteiger charge is 2.11. The van der Waals surface area contributed by atoms with E-state index in [-0.39, 0.29) is 11.4 Å². The van der Waals surface area contributed by atoms with Gasteiger partial charge in [-0.2, -0.15) is 5.26 Å². The van der Waals surface area contributed by atoms with Crippen LogP contribution in [0.3, 0.4) is 0 Å². The first-order chi connectivity index (χ1) is 6.56. The molecule has 0 fully saturated rings. The maximum absolute atomic E-state index is 10.4. The molecule has 0 saturated carbocycles. The molecule has 72 valence electrons. The Hall–Kier alpha value is -1.05. The average Bonchev–Trinajstić information content (AvgIpc) is 2.13.